The van der Waals surface area contributed by atoms with Crippen LogP contribution < -0.4 is 16.4 Å². The summed E-state index contributed by atoms with van der Waals surface area (Å²) >= 11 is 0. The van der Waals surface area contributed by atoms with Gasteiger partial charge in [0.25, 0.3) is 0 Å². The fourth-order valence-corrected chi connectivity index (χ4v) is 3.19. The summed E-state index contributed by atoms with van der Waals surface area (Å²) in [6.07, 6.45) is 2.16. The second-order valence-electron chi connectivity index (χ2n) is 6.80. The molecular formula is C20H23N3O2. The third-order valence-corrected chi connectivity index (χ3v) is 4.93. The predicted molar refractivity (Wildman–Crippen MR) is 98.8 cm³/mol. The van der Waals surface area contributed by atoms with Crippen LogP contribution in [0.4, 0.5) is 10.5 Å². The largest absolute Gasteiger partial charge is 0.366 e. The van der Waals surface area contributed by atoms with Crippen molar-refractivity contribution in [3.05, 3.63) is 64.7 Å². The van der Waals surface area contributed by atoms with Crippen LogP contribution in [0.1, 0.15) is 39.9 Å². The topological polar surface area (TPSA) is 84.2 Å². The number of hydrogen-bond donors (Lipinski definition) is 3. The number of nitrogens with one attached hydrogen (secondary N) is 2. The Labute approximate surface area is 147 Å². The zero-order valence-corrected chi connectivity index (χ0v) is 14.6. The third-order valence-electron chi connectivity index (χ3n) is 4.93. The SMILES string of the molecule is Cc1ccc(C(N)=O)cc1NC(=O)NCC1(c2ccccc2C)CC1. The highest BCUT2D eigenvalue weighted by molar-refractivity contribution is 5.96. The van der Waals surface area contributed by atoms with Gasteiger partial charge in [0.15, 0.2) is 0 Å². The molecule has 5 heteroatoms. The lowest BCUT2D eigenvalue weighted by Gasteiger charge is -2.19. The molecule has 2 aromatic rings. The minimum Gasteiger partial charge on any atom is -0.366 e. The van der Waals surface area contributed by atoms with Gasteiger partial charge in [0.2, 0.25) is 5.91 Å². The first-order chi connectivity index (χ1) is 11.9. The predicted octanol–water partition coefficient (Wildman–Crippen LogP) is 3.26. The van der Waals surface area contributed by atoms with Gasteiger partial charge >= 0.3 is 6.03 Å². The van der Waals surface area contributed by atoms with Gasteiger partial charge in [0.05, 0.1) is 0 Å². The van der Waals surface area contributed by atoms with Crippen LogP contribution in [0.5, 0.6) is 0 Å². The lowest BCUT2D eigenvalue weighted by molar-refractivity contribution is 0.100. The first-order valence-electron chi connectivity index (χ1n) is 8.43. The third kappa shape index (κ3) is 3.65. The molecule has 0 heterocycles. The number of carbonyl (C=O) groups excluding carboxylic acids is 2. The van der Waals surface area contributed by atoms with E-state index in [1.54, 1.807) is 18.2 Å². The standard InChI is InChI=1S/C20H23N3O2/c1-13-5-3-4-6-16(13)20(9-10-20)12-22-19(25)23-17-11-15(18(21)24)8-7-14(17)2/h3-8,11H,9-10,12H2,1-2H3,(H2,21,24)(H2,22,23,25). The highest BCUT2D eigenvalue weighted by Gasteiger charge is 2.45. The van der Waals surface area contributed by atoms with Gasteiger partial charge in [-0.1, -0.05) is 30.3 Å². The number of hydrogen-bond acceptors (Lipinski definition) is 2. The van der Waals surface area contributed by atoms with E-state index in [1.165, 1.54) is 11.1 Å². The molecule has 0 bridgehead atoms. The molecule has 25 heavy (non-hydrogen) atoms. The molecule has 3 rings (SSSR count). The molecule has 0 unspecified atom stereocenters. The van der Waals surface area contributed by atoms with Gasteiger partial charge in [-0.3, -0.25) is 4.79 Å². The fraction of sp³-hybridized carbons (Fsp3) is 0.300. The highest BCUT2D eigenvalue weighted by Crippen LogP contribution is 2.48. The second-order valence-corrected chi connectivity index (χ2v) is 6.80. The second kappa shape index (κ2) is 6.59. The van der Waals surface area contributed by atoms with Gasteiger partial charge in [0.1, 0.15) is 0 Å². The minimum absolute atomic E-state index is 0.0484. The molecule has 0 aromatic heterocycles. The Morgan fingerprint density at radius 2 is 1.80 bits per heavy atom. The summed E-state index contributed by atoms with van der Waals surface area (Å²) in [5.74, 6) is -0.514. The first-order valence-corrected chi connectivity index (χ1v) is 8.43. The summed E-state index contributed by atoms with van der Waals surface area (Å²) in [6, 6.07) is 13.1. The van der Waals surface area contributed by atoms with Crippen LogP contribution in [0, 0.1) is 13.8 Å². The number of rotatable bonds is 5. The average molecular weight is 337 g/mol. The van der Waals surface area contributed by atoms with Gasteiger partial charge < -0.3 is 16.4 Å². The lowest BCUT2D eigenvalue weighted by Crippen LogP contribution is -2.35. The molecule has 1 aliphatic carbocycles. The minimum atomic E-state index is -0.514. The van der Waals surface area contributed by atoms with E-state index in [-0.39, 0.29) is 11.4 Å². The van der Waals surface area contributed by atoms with Crippen molar-refractivity contribution in [1.82, 2.24) is 5.32 Å². The van der Waals surface area contributed by atoms with Crippen LogP contribution in [-0.2, 0) is 5.41 Å². The van der Waals surface area contributed by atoms with Crippen molar-refractivity contribution in [1.29, 1.82) is 0 Å². The Bertz CT molecular complexity index is 825. The van der Waals surface area contributed by atoms with Crippen molar-refractivity contribution in [2.75, 3.05) is 11.9 Å². The van der Waals surface area contributed by atoms with Crippen molar-refractivity contribution >= 4 is 17.6 Å². The number of nitrogens with two attached hydrogens (primary N) is 1. The number of benzene rings is 2. The molecule has 5 nitrogen and oxygen atoms in total. The van der Waals surface area contributed by atoms with Crippen LogP contribution in [0.3, 0.4) is 0 Å². The van der Waals surface area contributed by atoms with E-state index in [4.69, 9.17) is 5.73 Å². The van der Waals surface area contributed by atoms with Crippen LogP contribution in [0.15, 0.2) is 42.5 Å². The van der Waals surface area contributed by atoms with Crippen LogP contribution in [0.25, 0.3) is 0 Å². The number of amides is 3. The Kier molecular flexibility index (Phi) is 4.49. The van der Waals surface area contributed by atoms with E-state index >= 15 is 0 Å². The summed E-state index contributed by atoms with van der Waals surface area (Å²) < 4.78 is 0. The van der Waals surface area contributed by atoms with Crippen LogP contribution in [0.2, 0.25) is 0 Å². The summed E-state index contributed by atoms with van der Waals surface area (Å²) in [5.41, 5.74) is 9.75. The number of urea groups is 1. The molecule has 0 aliphatic heterocycles. The molecule has 130 valence electrons. The summed E-state index contributed by atoms with van der Waals surface area (Å²) in [4.78, 5) is 23.6. The maximum absolute atomic E-state index is 12.3. The number of carbonyl (C=O) groups is 2. The van der Waals surface area contributed by atoms with E-state index in [9.17, 15) is 9.59 Å². The van der Waals surface area contributed by atoms with Crippen molar-refractivity contribution in [3.8, 4) is 0 Å². The summed E-state index contributed by atoms with van der Waals surface area (Å²) in [6.45, 7) is 4.57. The quantitative estimate of drug-likeness (QED) is 0.782. The molecule has 0 atom stereocenters. The molecule has 1 aliphatic rings. The van der Waals surface area contributed by atoms with Gasteiger partial charge in [-0.15, -0.1) is 0 Å². The van der Waals surface area contributed by atoms with Gasteiger partial charge in [-0.05, 0) is 55.5 Å². The summed E-state index contributed by atoms with van der Waals surface area (Å²) in [7, 11) is 0. The van der Waals surface area contributed by atoms with E-state index in [0.717, 1.165) is 18.4 Å². The first kappa shape index (κ1) is 17.0. The molecule has 0 spiro atoms. The van der Waals surface area contributed by atoms with Gasteiger partial charge in [-0.2, -0.15) is 0 Å². The Morgan fingerprint density at radius 1 is 1.08 bits per heavy atom. The van der Waals surface area contributed by atoms with Crippen LogP contribution >= 0.6 is 0 Å². The zero-order valence-electron chi connectivity index (χ0n) is 14.6. The lowest BCUT2D eigenvalue weighted by atomic mass is 9.92. The Balaban J connectivity index is 1.65. The highest BCUT2D eigenvalue weighted by atomic mass is 16.2. The van der Waals surface area contributed by atoms with Crippen molar-refractivity contribution < 1.29 is 9.59 Å². The monoisotopic (exact) mass is 337 g/mol. The number of primary amides is 1. The Hall–Kier alpha value is -2.82. The van der Waals surface area contributed by atoms with E-state index in [0.29, 0.717) is 17.8 Å². The van der Waals surface area contributed by atoms with E-state index in [1.807, 2.05) is 19.1 Å². The van der Waals surface area contributed by atoms with E-state index < -0.39 is 5.91 Å². The number of aryl methyl sites for hydroxylation is 2. The Morgan fingerprint density at radius 3 is 2.44 bits per heavy atom. The maximum atomic E-state index is 12.3. The molecule has 0 radical (unpaired) electrons. The van der Waals surface area contributed by atoms with Crippen molar-refractivity contribution in [3.63, 3.8) is 0 Å². The van der Waals surface area contributed by atoms with Gasteiger partial charge in [-0.25, -0.2) is 4.79 Å². The molecule has 1 fully saturated rings. The molecule has 0 saturated heterocycles. The summed E-state index contributed by atoms with van der Waals surface area (Å²) in [5, 5.41) is 5.78. The fourth-order valence-electron chi connectivity index (χ4n) is 3.19. The van der Waals surface area contributed by atoms with Gasteiger partial charge in [0, 0.05) is 23.2 Å². The molecule has 4 N–H and O–H groups in total. The number of anilines is 1. The smallest absolute Gasteiger partial charge is 0.319 e. The van der Waals surface area contributed by atoms with Crippen LogP contribution in [-0.4, -0.2) is 18.5 Å². The average Bonchev–Trinajstić information content (AvgIpc) is 3.36. The maximum Gasteiger partial charge on any atom is 0.319 e. The normalized spacial score (nSPS) is 14.6. The van der Waals surface area contributed by atoms with E-state index in [2.05, 4.69) is 29.7 Å². The zero-order chi connectivity index (χ0) is 18.0. The molecule has 1 saturated carbocycles. The van der Waals surface area contributed by atoms with Crippen molar-refractivity contribution in [2.45, 2.75) is 32.1 Å². The molecular weight excluding hydrogens is 314 g/mol. The molecule has 2 aromatic carbocycles. The molecule has 3 amide bonds. The van der Waals surface area contributed by atoms with Crippen molar-refractivity contribution in [2.24, 2.45) is 5.73 Å².